The third-order valence-corrected chi connectivity index (χ3v) is 2.51. The van der Waals surface area contributed by atoms with Crippen LogP contribution in [0, 0.1) is 0 Å². The number of carbonyl (C=O) groups excluding carboxylic acids is 1. The molecule has 0 bridgehead atoms. The Labute approximate surface area is 103 Å². The SMILES string of the molecule is C=C(C)C(=O)OC(C)(c1ccccc1)C(F)(F)F. The van der Waals surface area contributed by atoms with Crippen LogP contribution >= 0.6 is 0 Å². The Morgan fingerprint density at radius 1 is 1.22 bits per heavy atom. The van der Waals surface area contributed by atoms with Gasteiger partial charge in [-0.15, -0.1) is 0 Å². The van der Waals surface area contributed by atoms with Crippen LogP contribution in [0.3, 0.4) is 0 Å². The minimum absolute atomic E-state index is 0.0820. The van der Waals surface area contributed by atoms with Gasteiger partial charge in [-0.2, -0.15) is 13.2 Å². The van der Waals surface area contributed by atoms with E-state index in [0.29, 0.717) is 0 Å². The molecule has 0 N–H and O–H groups in total. The molecule has 0 radical (unpaired) electrons. The van der Waals surface area contributed by atoms with Crippen molar-refractivity contribution in [1.29, 1.82) is 0 Å². The van der Waals surface area contributed by atoms with Gasteiger partial charge < -0.3 is 4.74 Å². The average molecular weight is 258 g/mol. The Balaban J connectivity index is 3.21. The van der Waals surface area contributed by atoms with E-state index >= 15 is 0 Å². The van der Waals surface area contributed by atoms with Crippen molar-refractivity contribution in [2.75, 3.05) is 0 Å². The molecule has 5 heteroatoms. The molecule has 98 valence electrons. The third kappa shape index (κ3) is 2.72. The van der Waals surface area contributed by atoms with Crippen LogP contribution in [-0.4, -0.2) is 12.1 Å². The van der Waals surface area contributed by atoms with Crippen molar-refractivity contribution < 1.29 is 22.7 Å². The zero-order chi connectivity index (χ0) is 14.0. The van der Waals surface area contributed by atoms with Crippen LogP contribution in [0.25, 0.3) is 0 Å². The number of benzene rings is 1. The number of esters is 1. The predicted octanol–water partition coefficient (Wildman–Crippen LogP) is 3.58. The van der Waals surface area contributed by atoms with Crippen LogP contribution in [-0.2, 0) is 15.1 Å². The van der Waals surface area contributed by atoms with Crippen LogP contribution in [0.2, 0.25) is 0 Å². The van der Waals surface area contributed by atoms with Gasteiger partial charge in [0.1, 0.15) is 0 Å². The summed E-state index contributed by atoms with van der Waals surface area (Å²) in [5, 5.41) is 0. The second-order valence-corrected chi connectivity index (χ2v) is 4.07. The highest BCUT2D eigenvalue weighted by molar-refractivity contribution is 5.87. The van der Waals surface area contributed by atoms with E-state index < -0.39 is 17.7 Å². The number of hydrogen-bond donors (Lipinski definition) is 0. The molecule has 1 unspecified atom stereocenters. The van der Waals surface area contributed by atoms with Gasteiger partial charge in [0.25, 0.3) is 0 Å². The molecule has 0 aliphatic carbocycles. The van der Waals surface area contributed by atoms with Crippen molar-refractivity contribution in [1.82, 2.24) is 0 Å². The number of rotatable bonds is 3. The molecular formula is C13H13F3O2. The Kier molecular flexibility index (Phi) is 3.84. The summed E-state index contributed by atoms with van der Waals surface area (Å²) in [5.41, 5.74) is -2.89. The maximum absolute atomic E-state index is 13.1. The summed E-state index contributed by atoms with van der Waals surface area (Å²) in [6, 6.07) is 7.01. The van der Waals surface area contributed by atoms with Crippen LogP contribution in [0.5, 0.6) is 0 Å². The van der Waals surface area contributed by atoms with E-state index in [2.05, 4.69) is 11.3 Å². The molecule has 1 aromatic carbocycles. The van der Waals surface area contributed by atoms with Gasteiger partial charge in [-0.1, -0.05) is 36.9 Å². The molecule has 1 aromatic rings. The van der Waals surface area contributed by atoms with Crippen LogP contribution < -0.4 is 0 Å². The summed E-state index contributed by atoms with van der Waals surface area (Å²) in [4.78, 5) is 11.4. The third-order valence-electron chi connectivity index (χ3n) is 2.51. The van der Waals surface area contributed by atoms with Crippen molar-refractivity contribution in [3.05, 3.63) is 48.0 Å². The summed E-state index contributed by atoms with van der Waals surface area (Å²) in [7, 11) is 0. The Morgan fingerprint density at radius 3 is 2.11 bits per heavy atom. The Hall–Kier alpha value is -1.78. The molecule has 0 saturated heterocycles. The van der Waals surface area contributed by atoms with E-state index in [-0.39, 0.29) is 11.1 Å². The summed E-state index contributed by atoms with van der Waals surface area (Å²) in [5.74, 6) is -1.07. The molecule has 0 spiro atoms. The van der Waals surface area contributed by atoms with Crippen molar-refractivity contribution in [2.24, 2.45) is 0 Å². The van der Waals surface area contributed by atoms with Crippen molar-refractivity contribution in [3.63, 3.8) is 0 Å². The lowest BCUT2D eigenvalue weighted by molar-refractivity contribution is -0.268. The van der Waals surface area contributed by atoms with Gasteiger partial charge >= 0.3 is 12.1 Å². The summed E-state index contributed by atoms with van der Waals surface area (Å²) in [6.45, 7) is 5.39. The van der Waals surface area contributed by atoms with Gasteiger partial charge in [-0.25, -0.2) is 4.79 Å². The van der Waals surface area contributed by atoms with E-state index in [1.54, 1.807) is 6.07 Å². The lowest BCUT2D eigenvalue weighted by atomic mass is 9.95. The zero-order valence-corrected chi connectivity index (χ0v) is 10.0. The number of carbonyl (C=O) groups is 1. The Bertz CT molecular complexity index is 451. The molecule has 0 saturated carbocycles. The Morgan fingerprint density at radius 2 is 1.72 bits per heavy atom. The molecule has 0 amide bonds. The zero-order valence-electron chi connectivity index (χ0n) is 10.0. The average Bonchev–Trinajstić information content (AvgIpc) is 2.28. The molecule has 0 aliphatic rings. The lowest BCUT2D eigenvalue weighted by Crippen LogP contribution is -2.43. The monoisotopic (exact) mass is 258 g/mol. The second-order valence-electron chi connectivity index (χ2n) is 4.07. The van der Waals surface area contributed by atoms with Gasteiger partial charge in [0.2, 0.25) is 5.60 Å². The fourth-order valence-electron chi connectivity index (χ4n) is 1.31. The summed E-state index contributed by atoms with van der Waals surface area (Å²) >= 11 is 0. The standard InChI is InChI=1S/C13H13F3O2/c1-9(2)11(17)18-12(3,13(14,15)16)10-7-5-4-6-8-10/h4-8H,1H2,2-3H3. The van der Waals surface area contributed by atoms with Crippen LogP contribution in [0.15, 0.2) is 42.5 Å². The molecule has 18 heavy (non-hydrogen) atoms. The summed E-state index contributed by atoms with van der Waals surface area (Å²) in [6.07, 6.45) is -4.71. The molecule has 0 aromatic heterocycles. The van der Waals surface area contributed by atoms with Crippen molar-refractivity contribution in [3.8, 4) is 0 Å². The van der Waals surface area contributed by atoms with Gasteiger partial charge in [-0.05, 0) is 13.8 Å². The van der Waals surface area contributed by atoms with Gasteiger partial charge in [-0.3, -0.25) is 0 Å². The predicted molar refractivity (Wildman–Crippen MR) is 60.8 cm³/mol. The summed E-state index contributed by atoms with van der Waals surface area (Å²) < 4.78 is 43.9. The second kappa shape index (κ2) is 4.84. The van der Waals surface area contributed by atoms with Gasteiger partial charge in [0, 0.05) is 11.1 Å². The topological polar surface area (TPSA) is 26.3 Å². The number of alkyl halides is 3. The smallest absolute Gasteiger partial charge is 0.432 e. The fourth-order valence-corrected chi connectivity index (χ4v) is 1.31. The van der Waals surface area contributed by atoms with E-state index in [4.69, 9.17) is 0 Å². The van der Waals surface area contributed by atoms with E-state index in [1.165, 1.54) is 31.2 Å². The first kappa shape index (κ1) is 14.3. The fraction of sp³-hybridized carbons (Fsp3) is 0.308. The highest BCUT2D eigenvalue weighted by Crippen LogP contribution is 2.42. The molecular weight excluding hydrogens is 245 g/mol. The van der Waals surface area contributed by atoms with E-state index in [0.717, 1.165) is 6.92 Å². The molecule has 1 atom stereocenters. The minimum Gasteiger partial charge on any atom is -0.441 e. The highest BCUT2D eigenvalue weighted by Gasteiger charge is 2.55. The number of hydrogen-bond acceptors (Lipinski definition) is 2. The first-order valence-electron chi connectivity index (χ1n) is 5.19. The van der Waals surface area contributed by atoms with Crippen LogP contribution in [0.1, 0.15) is 19.4 Å². The van der Waals surface area contributed by atoms with Crippen LogP contribution in [0.4, 0.5) is 13.2 Å². The van der Waals surface area contributed by atoms with Gasteiger partial charge in [0.15, 0.2) is 0 Å². The largest absolute Gasteiger partial charge is 0.441 e. The normalized spacial score (nSPS) is 14.7. The molecule has 2 nitrogen and oxygen atoms in total. The first-order chi connectivity index (χ1) is 8.18. The lowest BCUT2D eigenvalue weighted by Gasteiger charge is -2.32. The molecule has 1 rings (SSSR count). The van der Waals surface area contributed by atoms with E-state index in [1.807, 2.05) is 0 Å². The van der Waals surface area contributed by atoms with Gasteiger partial charge in [0.05, 0.1) is 0 Å². The number of ether oxygens (including phenoxy) is 1. The first-order valence-corrected chi connectivity index (χ1v) is 5.19. The van der Waals surface area contributed by atoms with Crippen molar-refractivity contribution >= 4 is 5.97 Å². The van der Waals surface area contributed by atoms with Crippen molar-refractivity contribution in [2.45, 2.75) is 25.6 Å². The number of halogens is 3. The quantitative estimate of drug-likeness (QED) is 0.611. The van der Waals surface area contributed by atoms with E-state index in [9.17, 15) is 18.0 Å². The molecule has 0 heterocycles. The molecule has 0 fully saturated rings. The maximum atomic E-state index is 13.1. The highest BCUT2D eigenvalue weighted by atomic mass is 19.4. The maximum Gasteiger partial charge on any atom is 0.432 e. The minimum atomic E-state index is -4.71. The molecule has 0 aliphatic heterocycles.